The van der Waals surface area contributed by atoms with Gasteiger partial charge in [0.2, 0.25) is 0 Å². The Morgan fingerprint density at radius 2 is 1.52 bits per heavy atom. The SMILES string of the molecule is O=C(NS(=O)(=O)c1ccc(N[C@@H](CSc2ccccc2)C[C@@H]2CCCN2CCNCC2CC2)c(S(=O)(=O)C(F)(F)F)c1)c1ccc(N2CCC([C@@H](O)c3ccccc3-c3ccc(Cl)cc3)CC2)cc1. The van der Waals surface area contributed by atoms with Crippen molar-refractivity contribution < 1.29 is 39.9 Å². The molecule has 0 bridgehead atoms. The molecule has 2 heterocycles. The molecular formula is C51H57ClF3N5O6S3. The fraction of sp³-hybridized carbons (Fsp3) is 0.392. The number of halogens is 4. The number of benzene rings is 5. The Balaban J connectivity index is 0.938. The lowest BCUT2D eigenvalue weighted by molar-refractivity contribution is -0.0435. The van der Waals surface area contributed by atoms with Crippen LogP contribution in [0.15, 0.2) is 136 Å². The van der Waals surface area contributed by atoms with Gasteiger partial charge in [0.25, 0.3) is 25.8 Å². The van der Waals surface area contributed by atoms with Gasteiger partial charge in [-0.15, -0.1) is 11.8 Å². The smallest absolute Gasteiger partial charge is 0.388 e. The van der Waals surface area contributed by atoms with Crippen molar-refractivity contribution in [3.05, 3.63) is 137 Å². The zero-order chi connectivity index (χ0) is 48.8. The lowest BCUT2D eigenvalue weighted by atomic mass is 9.84. The van der Waals surface area contributed by atoms with Crippen LogP contribution in [0.2, 0.25) is 5.02 Å². The molecule has 3 atom stereocenters. The standard InChI is InChI=1S/C51H57ClF3N5O6S3/c52-39-18-14-36(15-19-39)45-10-4-5-11-46(45)49(61)37-24-28-60(29-25-37)41-20-16-38(17-21-41)50(62)58-69(65,66)44-22-23-47(48(32-44)68(63,64)51(53,54)55)57-40(34-67-43-8-2-1-3-9-43)31-42-7-6-27-59(42)30-26-56-33-35-12-13-35/h1-5,8-11,14-23,32,35,37,40,42,49,56-57,61H,6-7,12-13,24-31,33-34H2,(H,58,62)/t40-,42+,49-/m1/s1. The normalized spacial score (nSPS) is 18.2. The van der Waals surface area contributed by atoms with E-state index in [1.54, 1.807) is 12.1 Å². The molecule has 0 radical (unpaired) electrons. The zero-order valence-electron chi connectivity index (χ0n) is 38.0. The third kappa shape index (κ3) is 12.8. The van der Waals surface area contributed by atoms with E-state index in [2.05, 4.69) is 20.4 Å². The van der Waals surface area contributed by atoms with E-state index in [4.69, 9.17) is 11.6 Å². The van der Waals surface area contributed by atoms with Gasteiger partial charge in [0, 0.05) is 65.2 Å². The van der Waals surface area contributed by atoms with Crippen molar-refractivity contribution in [1.82, 2.24) is 14.9 Å². The first-order chi connectivity index (χ1) is 33.1. The first-order valence-corrected chi connectivity index (χ1v) is 27.7. The lowest BCUT2D eigenvalue weighted by Gasteiger charge is -2.36. The number of aliphatic hydroxyl groups is 1. The van der Waals surface area contributed by atoms with Crippen LogP contribution in [0.25, 0.3) is 11.1 Å². The molecule has 0 spiro atoms. The topological polar surface area (TPSA) is 148 Å². The molecule has 0 unspecified atom stereocenters. The molecule has 0 aromatic heterocycles. The second-order valence-electron chi connectivity index (χ2n) is 18.1. The number of thioether (sulfide) groups is 1. The number of anilines is 2. The molecule has 3 aliphatic rings. The molecule has 69 heavy (non-hydrogen) atoms. The summed E-state index contributed by atoms with van der Waals surface area (Å²) in [6.07, 6.45) is 5.48. The van der Waals surface area contributed by atoms with Gasteiger partial charge in [-0.25, -0.2) is 21.6 Å². The van der Waals surface area contributed by atoms with Crippen LogP contribution in [-0.2, 0) is 19.9 Å². The van der Waals surface area contributed by atoms with Crippen LogP contribution in [-0.4, -0.2) is 95.4 Å². The summed E-state index contributed by atoms with van der Waals surface area (Å²) in [6, 6.07) is 33.0. The maximum atomic E-state index is 14.4. The number of likely N-dealkylation sites (tertiary alicyclic amines) is 1. The summed E-state index contributed by atoms with van der Waals surface area (Å²) in [7, 11) is -11.0. The van der Waals surface area contributed by atoms with Crippen molar-refractivity contribution in [3.8, 4) is 11.1 Å². The molecule has 2 aliphatic heterocycles. The van der Waals surface area contributed by atoms with Crippen molar-refractivity contribution in [2.75, 3.05) is 55.2 Å². The van der Waals surface area contributed by atoms with E-state index in [0.29, 0.717) is 49.2 Å². The number of sulfone groups is 1. The molecule has 4 N–H and O–H groups in total. The van der Waals surface area contributed by atoms with Gasteiger partial charge in [-0.05, 0) is 153 Å². The highest BCUT2D eigenvalue weighted by atomic mass is 35.5. The molecule has 11 nitrogen and oxygen atoms in total. The molecule has 18 heteroatoms. The molecule has 5 aromatic rings. The van der Waals surface area contributed by atoms with Crippen molar-refractivity contribution in [3.63, 3.8) is 0 Å². The summed E-state index contributed by atoms with van der Waals surface area (Å²) in [6.45, 7) is 4.70. The quantitative estimate of drug-likeness (QED) is 0.0436. The Morgan fingerprint density at radius 3 is 2.22 bits per heavy atom. The van der Waals surface area contributed by atoms with Crippen molar-refractivity contribution in [1.29, 1.82) is 0 Å². The van der Waals surface area contributed by atoms with Gasteiger partial charge in [-0.2, -0.15) is 13.2 Å². The number of amides is 1. The number of hydrogen-bond acceptors (Lipinski definition) is 11. The van der Waals surface area contributed by atoms with E-state index in [9.17, 15) is 39.9 Å². The molecular weight excluding hydrogens is 967 g/mol. The van der Waals surface area contributed by atoms with Crippen LogP contribution in [0.5, 0.6) is 0 Å². The Bertz CT molecular complexity index is 2760. The summed E-state index contributed by atoms with van der Waals surface area (Å²) < 4.78 is 98.8. The molecule has 1 amide bonds. The van der Waals surface area contributed by atoms with Gasteiger partial charge in [0.1, 0.15) is 4.90 Å². The van der Waals surface area contributed by atoms with Gasteiger partial charge >= 0.3 is 5.51 Å². The van der Waals surface area contributed by atoms with E-state index in [1.807, 2.05) is 83.6 Å². The van der Waals surface area contributed by atoms with Crippen molar-refractivity contribution >= 4 is 60.5 Å². The van der Waals surface area contributed by atoms with Gasteiger partial charge in [0.15, 0.2) is 0 Å². The number of hydrogen-bond donors (Lipinski definition) is 4. The fourth-order valence-corrected chi connectivity index (χ4v) is 12.4. The second-order valence-corrected chi connectivity index (χ2v) is 23.3. The van der Waals surface area contributed by atoms with Crippen LogP contribution >= 0.6 is 23.4 Å². The summed E-state index contributed by atoms with van der Waals surface area (Å²) in [5.74, 6) is 0.0589. The average molecular weight is 1020 g/mol. The van der Waals surface area contributed by atoms with Crippen molar-refractivity contribution in [2.24, 2.45) is 11.8 Å². The third-order valence-corrected chi connectivity index (χ3v) is 17.6. The summed E-state index contributed by atoms with van der Waals surface area (Å²) >= 11 is 7.59. The molecule has 3 fully saturated rings. The van der Waals surface area contributed by atoms with Crippen LogP contribution in [0.4, 0.5) is 24.5 Å². The monoisotopic (exact) mass is 1020 g/mol. The minimum Gasteiger partial charge on any atom is -0.388 e. The minimum atomic E-state index is -6.08. The summed E-state index contributed by atoms with van der Waals surface area (Å²) in [4.78, 5) is 16.7. The number of alkyl halides is 3. The van der Waals surface area contributed by atoms with Crippen LogP contribution < -0.4 is 20.3 Å². The fourth-order valence-electron chi connectivity index (χ4n) is 9.31. The maximum Gasteiger partial charge on any atom is 0.501 e. The van der Waals surface area contributed by atoms with Gasteiger partial charge in [-0.1, -0.05) is 66.2 Å². The second kappa shape index (κ2) is 22.2. The highest BCUT2D eigenvalue weighted by Gasteiger charge is 2.48. The largest absolute Gasteiger partial charge is 0.501 e. The number of carbonyl (C=O) groups is 1. The zero-order valence-corrected chi connectivity index (χ0v) is 41.2. The highest BCUT2D eigenvalue weighted by molar-refractivity contribution is 7.99. The number of sulfonamides is 1. The van der Waals surface area contributed by atoms with Gasteiger partial charge in [-0.3, -0.25) is 9.69 Å². The third-order valence-electron chi connectivity index (χ3n) is 13.3. The Labute approximate surface area is 412 Å². The minimum absolute atomic E-state index is 0.0157. The van der Waals surface area contributed by atoms with Crippen molar-refractivity contribution in [2.45, 2.75) is 83.3 Å². The summed E-state index contributed by atoms with van der Waals surface area (Å²) in [5, 5.41) is 18.8. The van der Waals surface area contributed by atoms with Crippen LogP contribution in [0.3, 0.4) is 0 Å². The van der Waals surface area contributed by atoms with E-state index >= 15 is 0 Å². The van der Waals surface area contributed by atoms with E-state index in [0.717, 1.165) is 84.3 Å². The first kappa shape index (κ1) is 50.8. The lowest BCUT2D eigenvalue weighted by Crippen LogP contribution is -2.40. The van der Waals surface area contributed by atoms with Crippen LogP contribution in [0, 0.1) is 11.8 Å². The number of nitrogens with one attached hydrogen (secondary N) is 3. The number of nitrogens with zero attached hydrogens (tertiary/aromatic N) is 2. The number of aliphatic hydroxyl groups excluding tert-OH is 1. The first-order valence-electron chi connectivity index (χ1n) is 23.4. The van der Waals surface area contributed by atoms with Gasteiger partial charge in [0.05, 0.1) is 16.7 Å². The number of rotatable bonds is 20. The van der Waals surface area contributed by atoms with E-state index in [1.165, 1.54) is 36.7 Å². The Morgan fingerprint density at radius 1 is 0.826 bits per heavy atom. The number of piperidine rings is 1. The highest BCUT2D eigenvalue weighted by Crippen LogP contribution is 2.39. The van der Waals surface area contributed by atoms with Gasteiger partial charge < -0.3 is 20.6 Å². The number of carbonyl (C=O) groups excluding carboxylic acids is 1. The molecule has 1 aliphatic carbocycles. The predicted molar refractivity (Wildman–Crippen MR) is 267 cm³/mol. The predicted octanol–water partition coefficient (Wildman–Crippen LogP) is 9.80. The molecule has 2 saturated heterocycles. The molecule has 8 rings (SSSR count). The van der Waals surface area contributed by atoms with E-state index < -0.39 is 53.2 Å². The molecule has 1 saturated carbocycles. The maximum absolute atomic E-state index is 14.4. The van der Waals surface area contributed by atoms with E-state index in [-0.39, 0.29) is 23.2 Å². The molecule has 5 aromatic carbocycles. The Hall–Kier alpha value is -4.62. The summed E-state index contributed by atoms with van der Waals surface area (Å²) in [5.41, 5.74) is -2.68. The van der Waals surface area contributed by atoms with Crippen LogP contribution in [0.1, 0.15) is 67.0 Å². The average Bonchev–Trinajstić information content (AvgIpc) is 4.08. The Kier molecular flexibility index (Phi) is 16.3. The molecule has 368 valence electrons.